The van der Waals surface area contributed by atoms with Crippen molar-refractivity contribution in [1.82, 2.24) is 13.7 Å². The SMILES string of the molecule is CCc1ncc(CNc2c(Cl)ccc3nsnc23)s1. The molecule has 0 amide bonds. The van der Waals surface area contributed by atoms with Crippen molar-refractivity contribution >= 4 is 51.4 Å². The predicted octanol–water partition coefficient (Wildman–Crippen LogP) is 3.98. The number of thiazole rings is 1. The van der Waals surface area contributed by atoms with Gasteiger partial charge in [0.25, 0.3) is 0 Å². The fourth-order valence-electron chi connectivity index (χ4n) is 1.76. The summed E-state index contributed by atoms with van der Waals surface area (Å²) in [6.45, 7) is 2.81. The summed E-state index contributed by atoms with van der Waals surface area (Å²) in [6.07, 6.45) is 2.88. The molecule has 4 nitrogen and oxygen atoms in total. The maximum absolute atomic E-state index is 6.22. The van der Waals surface area contributed by atoms with Gasteiger partial charge in [0, 0.05) is 11.1 Å². The van der Waals surface area contributed by atoms with Crippen LogP contribution in [0.5, 0.6) is 0 Å². The second-order valence-corrected chi connectivity index (χ2v) is 6.12. The number of benzene rings is 1. The van der Waals surface area contributed by atoms with Crippen LogP contribution >= 0.6 is 34.7 Å². The number of nitrogens with zero attached hydrogens (tertiary/aromatic N) is 3. The van der Waals surface area contributed by atoms with E-state index in [2.05, 4.69) is 26.0 Å². The normalized spacial score (nSPS) is 11.1. The largest absolute Gasteiger partial charge is 0.377 e. The molecule has 0 bridgehead atoms. The highest BCUT2D eigenvalue weighted by Crippen LogP contribution is 2.30. The summed E-state index contributed by atoms with van der Waals surface area (Å²) in [5.41, 5.74) is 2.55. The molecule has 2 aromatic heterocycles. The number of aromatic nitrogens is 3. The minimum atomic E-state index is 0.667. The van der Waals surface area contributed by atoms with E-state index in [1.54, 1.807) is 11.3 Å². The van der Waals surface area contributed by atoms with Crippen LogP contribution in [0.2, 0.25) is 5.02 Å². The lowest BCUT2D eigenvalue weighted by molar-refractivity contribution is 1.09. The van der Waals surface area contributed by atoms with Crippen molar-refractivity contribution in [2.45, 2.75) is 19.9 Å². The van der Waals surface area contributed by atoms with Crippen LogP contribution in [0.1, 0.15) is 16.8 Å². The molecule has 0 fully saturated rings. The van der Waals surface area contributed by atoms with Crippen molar-refractivity contribution in [3.05, 3.63) is 33.2 Å². The molecule has 1 aromatic carbocycles. The third-order valence-electron chi connectivity index (χ3n) is 2.72. The molecule has 0 aliphatic carbocycles. The number of aryl methyl sites for hydroxylation is 1. The first-order valence-electron chi connectivity index (χ1n) is 5.86. The average molecular weight is 311 g/mol. The molecule has 98 valence electrons. The molecule has 0 aliphatic rings. The van der Waals surface area contributed by atoms with Gasteiger partial charge in [-0.15, -0.1) is 11.3 Å². The van der Waals surface area contributed by atoms with E-state index in [1.807, 2.05) is 18.3 Å². The molecule has 0 unspecified atom stereocenters. The van der Waals surface area contributed by atoms with Crippen molar-refractivity contribution in [1.29, 1.82) is 0 Å². The minimum absolute atomic E-state index is 0.667. The molecule has 0 spiro atoms. The first-order valence-corrected chi connectivity index (χ1v) is 7.78. The van der Waals surface area contributed by atoms with Crippen LogP contribution in [0.4, 0.5) is 5.69 Å². The average Bonchev–Trinajstić information content (AvgIpc) is 3.05. The molecule has 19 heavy (non-hydrogen) atoms. The monoisotopic (exact) mass is 310 g/mol. The Balaban J connectivity index is 1.84. The lowest BCUT2D eigenvalue weighted by Crippen LogP contribution is -1.99. The number of rotatable bonds is 4. The Morgan fingerprint density at radius 2 is 2.21 bits per heavy atom. The van der Waals surface area contributed by atoms with Gasteiger partial charge in [0.2, 0.25) is 0 Å². The Hall–Kier alpha value is -1.24. The highest BCUT2D eigenvalue weighted by Gasteiger charge is 2.10. The quantitative estimate of drug-likeness (QED) is 0.792. The summed E-state index contributed by atoms with van der Waals surface area (Å²) in [5, 5.41) is 5.15. The Kier molecular flexibility index (Phi) is 3.63. The van der Waals surface area contributed by atoms with Gasteiger partial charge >= 0.3 is 0 Å². The molecule has 0 saturated carbocycles. The van der Waals surface area contributed by atoms with E-state index in [-0.39, 0.29) is 0 Å². The summed E-state index contributed by atoms with van der Waals surface area (Å²) >= 11 is 9.13. The van der Waals surface area contributed by atoms with E-state index in [4.69, 9.17) is 11.6 Å². The smallest absolute Gasteiger partial charge is 0.129 e. The molecular weight excluding hydrogens is 300 g/mol. The van der Waals surface area contributed by atoms with Crippen molar-refractivity contribution in [3.63, 3.8) is 0 Å². The number of halogens is 1. The fourth-order valence-corrected chi connectivity index (χ4v) is 3.33. The molecule has 3 rings (SSSR count). The molecule has 0 aliphatic heterocycles. The van der Waals surface area contributed by atoms with Crippen LogP contribution in [0, 0.1) is 0 Å². The van der Waals surface area contributed by atoms with Crippen LogP contribution in [-0.4, -0.2) is 13.7 Å². The van der Waals surface area contributed by atoms with Gasteiger partial charge < -0.3 is 5.32 Å². The number of nitrogens with one attached hydrogen (secondary N) is 1. The van der Waals surface area contributed by atoms with Crippen LogP contribution in [0.15, 0.2) is 18.3 Å². The molecule has 2 heterocycles. The molecule has 0 atom stereocenters. The molecule has 7 heteroatoms. The zero-order valence-electron chi connectivity index (χ0n) is 10.2. The summed E-state index contributed by atoms with van der Waals surface area (Å²) in [4.78, 5) is 5.53. The van der Waals surface area contributed by atoms with Crippen molar-refractivity contribution in [2.75, 3.05) is 5.32 Å². The van der Waals surface area contributed by atoms with Gasteiger partial charge in [0.15, 0.2) is 0 Å². The summed E-state index contributed by atoms with van der Waals surface area (Å²) in [6, 6.07) is 3.73. The maximum Gasteiger partial charge on any atom is 0.129 e. The van der Waals surface area contributed by atoms with E-state index in [9.17, 15) is 0 Å². The molecule has 0 radical (unpaired) electrons. The highest BCUT2D eigenvalue weighted by atomic mass is 35.5. The van der Waals surface area contributed by atoms with E-state index in [1.165, 1.54) is 16.6 Å². The summed E-state index contributed by atoms with van der Waals surface area (Å²) < 4.78 is 8.50. The Bertz CT molecular complexity index is 707. The van der Waals surface area contributed by atoms with Gasteiger partial charge in [0.05, 0.1) is 34.0 Å². The number of hydrogen-bond donors (Lipinski definition) is 1. The first-order chi connectivity index (χ1) is 9.28. The standard InChI is InChI=1S/C12H11ClN4S2/c1-2-10-14-5-7(18-10)6-15-11-8(13)3-4-9-12(11)17-19-16-9/h3-5,15H,2,6H2,1H3. The lowest BCUT2D eigenvalue weighted by Gasteiger charge is -2.07. The van der Waals surface area contributed by atoms with Crippen molar-refractivity contribution in [3.8, 4) is 0 Å². The zero-order chi connectivity index (χ0) is 13.2. The van der Waals surface area contributed by atoms with Crippen LogP contribution in [-0.2, 0) is 13.0 Å². The molecule has 3 aromatic rings. The van der Waals surface area contributed by atoms with Crippen LogP contribution < -0.4 is 5.32 Å². The first kappa shape index (κ1) is 12.8. The number of hydrogen-bond acceptors (Lipinski definition) is 6. The molecule has 0 saturated heterocycles. The second-order valence-electron chi connectivity index (χ2n) is 3.98. The topological polar surface area (TPSA) is 50.7 Å². The summed E-state index contributed by atoms with van der Waals surface area (Å²) in [5.74, 6) is 0. The summed E-state index contributed by atoms with van der Waals surface area (Å²) in [7, 11) is 0. The minimum Gasteiger partial charge on any atom is -0.377 e. The Morgan fingerprint density at radius 1 is 1.32 bits per heavy atom. The predicted molar refractivity (Wildman–Crippen MR) is 81.2 cm³/mol. The van der Waals surface area contributed by atoms with E-state index in [0.717, 1.165) is 28.1 Å². The number of fused-ring (bicyclic) bond motifs is 1. The lowest BCUT2D eigenvalue weighted by atomic mass is 10.2. The fraction of sp³-hybridized carbons (Fsp3) is 0.250. The maximum atomic E-state index is 6.22. The third kappa shape index (κ3) is 2.56. The van der Waals surface area contributed by atoms with Crippen molar-refractivity contribution < 1.29 is 0 Å². The number of anilines is 1. The van der Waals surface area contributed by atoms with Crippen LogP contribution in [0.25, 0.3) is 11.0 Å². The van der Waals surface area contributed by atoms with Gasteiger partial charge in [-0.3, -0.25) is 0 Å². The van der Waals surface area contributed by atoms with Crippen LogP contribution in [0.3, 0.4) is 0 Å². The van der Waals surface area contributed by atoms with Gasteiger partial charge in [-0.25, -0.2) is 4.98 Å². The van der Waals surface area contributed by atoms with E-state index < -0.39 is 0 Å². The second kappa shape index (κ2) is 5.40. The highest BCUT2D eigenvalue weighted by molar-refractivity contribution is 7.11. The molecule has 1 N–H and O–H groups in total. The van der Waals surface area contributed by atoms with Gasteiger partial charge in [-0.2, -0.15) is 8.75 Å². The Labute approximate surface area is 123 Å². The third-order valence-corrected chi connectivity index (χ3v) is 4.72. The Morgan fingerprint density at radius 3 is 3.00 bits per heavy atom. The van der Waals surface area contributed by atoms with Gasteiger partial charge in [-0.05, 0) is 18.6 Å². The van der Waals surface area contributed by atoms with Gasteiger partial charge in [0.1, 0.15) is 11.0 Å². The zero-order valence-corrected chi connectivity index (χ0v) is 12.6. The van der Waals surface area contributed by atoms with Crippen molar-refractivity contribution in [2.24, 2.45) is 0 Å². The van der Waals surface area contributed by atoms with E-state index >= 15 is 0 Å². The molecular formula is C12H11ClN4S2. The van der Waals surface area contributed by atoms with Gasteiger partial charge in [-0.1, -0.05) is 18.5 Å². The van der Waals surface area contributed by atoms with E-state index in [0.29, 0.717) is 11.6 Å².